The van der Waals surface area contributed by atoms with Gasteiger partial charge in [-0.2, -0.15) is 4.99 Å². The summed E-state index contributed by atoms with van der Waals surface area (Å²) in [5.41, 5.74) is 0.569. The van der Waals surface area contributed by atoms with E-state index in [0.29, 0.717) is 17.1 Å². The lowest BCUT2D eigenvalue weighted by molar-refractivity contribution is -0.132. The van der Waals surface area contributed by atoms with E-state index < -0.39 is 11.9 Å². The summed E-state index contributed by atoms with van der Waals surface area (Å²) in [6.07, 6.45) is 1.57. The number of carbonyl (C=O) groups excluding carboxylic acids is 3. The number of ether oxygens (including phenoxy) is 2. The zero-order chi connectivity index (χ0) is 18.6. The lowest BCUT2D eigenvalue weighted by atomic mass is 10.2. The minimum Gasteiger partial charge on any atom is -0.490 e. The highest BCUT2D eigenvalue weighted by Crippen LogP contribution is 2.38. The van der Waals surface area contributed by atoms with Crippen LogP contribution < -0.4 is 14.8 Å². The number of hydrogen-bond donors (Lipinski definition) is 1. The lowest BCUT2D eigenvalue weighted by Crippen LogP contribution is -2.23. The highest BCUT2D eigenvalue weighted by atomic mass is 35.5. The molecule has 0 fully saturated rings. The second-order valence-corrected chi connectivity index (χ2v) is 6.31. The van der Waals surface area contributed by atoms with E-state index in [1.807, 2.05) is 0 Å². The Hall–Kier alpha value is -2.32. The molecule has 2 amide bonds. The summed E-state index contributed by atoms with van der Waals surface area (Å²) in [5, 5.41) is 2.86. The van der Waals surface area contributed by atoms with Crippen LogP contribution in [0.1, 0.15) is 26.3 Å². The van der Waals surface area contributed by atoms with Gasteiger partial charge in [0.15, 0.2) is 16.7 Å². The number of hydrogen-bond acceptors (Lipinski definition) is 6. The highest BCUT2D eigenvalue weighted by molar-refractivity contribution is 8.18. The van der Waals surface area contributed by atoms with Gasteiger partial charge in [0, 0.05) is 13.8 Å². The van der Waals surface area contributed by atoms with Crippen LogP contribution in [0.25, 0.3) is 6.08 Å². The fraction of sp³-hybridized carbons (Fsp3) is 0.250. The van der Waals surface area contributed by atoms with Gasteiger partial charge in [-0.1, -0.05) is 11.6 Å². The van der Waals surface area contributed by atoms with Crippen LogP contribution in [0.15, 0.2) is 22.0 Å². The van der Waals surface area contributed by atoms with Crippen LogP contribution in [-0.4, -0.2) is 29.6 Å². The molecule has 0 spiro atoms. The molecular formula is C16H15ClN2O5S. The van der Waals surface area contributed by atoms with Crippen LogP contribution in [0.4, 0.5) is 0 Å². The molecule has 2 rings (SSSR count). The predicted molar refractivity (Wildman–Crippen MR) is 95.8 cm³/mol. The van der Waals surface area contributed by atoms with Crippen LogP contribution >= 0.6 is 23.4 Å². The molecule has 0 aliphatic carbocycles. The molecule has 7 nitrogen and oxygen atoms in total. The van der Waals surface area contributed by atoms with E-state index in [9.17, 15) is 14.4 Å². The molecule has 0 saturated heterocycles. The Morgan fingerprint density at radius 1 is 1.36 bits per heavy atom. The molecule has 1 aliphatic heterocycles. The van der Waals surface area contributed by atoms with E-state index in [1.54, 1.807) is 25.1 Å². The Balaban J connectivity index is 2.33. The molecule has 0 unspecified atom stereocenters. The largest absolute Gasteiger partial charge is 0.490 e. The summed E-state index contributed by atoms with van der Waals surface area (Å²) in [4.78, 5) is 38.2. The SMILES string of the molecule is CCOc1cc(/C=C2/SC(NC(C)=O)=NC2=O)cc(Cl)c1OC(C)=O. The van der Waals surface area contributed by atoms with Crippen molar-refractivity contribution in [3.05, 3.63) is 27.6 Å². The fourth-order valence-electron chi connectivity index (χ4n) is 1.94. The molecule has 1 aromatic carbocycles. The number of nitrogens with one attached hydrogen (secondary N) is 1. The summed E-state index contributed by atoms with van der Waals surface area (Å²) in [7, 11) is 0. The summed E-state index contributed by atoms with van der Waals surface area (Å²) >= 11 is 7.21. The van der Waals surface area contributed by atoms with Crippen molar-refractivity contribution in [3.8, 4) is 11.5 Å². The predicted octanol–water partition coefficient (Wildman–Crippen LogP) is 2.77. The van der Waals surface area contributed by atoms with Crippen LogP contribution in [0.5, 0.6) is 11.5 Å². The van der Waals surface area contributed by atoms with Gasteiger partial charge in [0.05, 0.1) is 16.5 Å². The Morgan fingerprint density at radius 2 is 2.08 bits per heavy atom. The fourth-order valence-corrected chi connectivity index (χ4v) is 3.06. The monoisotopic (exact) mass is 382 g/mol. The van der Waals surface area contributed by atoms with Gasteiger partial charge in [-0.05, 0) is 42.5 Å². The van der Waals surface area contributed by atoms with Crippen LogP contribution in [0.2, 0.25) is 5.02 Å². The zero-order valence-corrected chi connectivity index (χ0v) is 15.3. The van der Waals surface area contributed by atoms with Crippen molar-refractivity contribution in [2.24, 2.45) is 4.99 Å². The van der Waals surface area contributed by atoms with Gasteiger partial charge in [0.2, 0.25) is 5.91 Å². The number of benzene rings is 1. The molecule has 0 radical (unpaired) electrons. The normalized spacial score (nSPS) is 15.1. The smallest absolute Gasteiger partial charge is 0.308 e. The highest BCUT2D eigenvalue weighted by Gasteiger charge is 2.23. The zero-order valence-electron chi connectivity index (χ0n) is 13.7. The van der Waals surface area contributed by atoms with Crippen molar-refractivity contribution in [1.82, 2.24) is 5.32 Å². The number of amides is 2. The Morgan fingerprint density at radius 3 is 2.68 bits per heavy atom. The number of aliphatic imine (C=N–C) groups is 1. The van der Waals surface area contributed by atoms with E-state index in [0.717, 1.165) is 11.8 Å². The third-order valence-corrected chi connectivity index (χ3v) is 3.96. The van der Waals surface area contributed by atoms with Crippen LogP contribution in [0.3, 0.4) is 0 Å². The minimum absolute atomic E-state index is 0.124. The van der Waals surface area contributed by atoms with E-state index in [2.05, 4.69) is 10.3 Å². The summed E-state index contributed by atoms with van der Waals surface area (Å²) in [6.45, 7) is 4.71. The van der Waals surface area contributed by atoms with Crippen molar-refractivity contribution in [2.75, 3.05) is 6.61 Å². The quantitative estimate of drug-likeness (QED) is 0.489. The van der Waals surface area contributed by atoms with Crippen molar-refractivity contribution < 1.29 is 23.9 Å². The maximum absolute atomic E-state index is 11.9. The maximum atomic E-state index is 11.9. The molecular weight excluding hydrogens is 368 g/mol. The maximum Gasteiger partial charge on any atom is 0.308 e. The number of nitrogens with zero attached hydrogens (tertiary/aromatic N) is 1. The van der Waals surface area contributed by atoms with Gasteiger partial charge < -0.3 is 14.8 Å². The second-order valence-electron chi connectivity index (χ2n) is 4.87. The van der Waals surface area contributed by atoms with Crippen molar-refractivity contribution >= 4 is 52.4 Å². The van der Waals surface area contributed by atoms with E-state index >= 15 is 0 Å². The minimum atomic E-state index is -0.524. The third kappa shape index (κ3) is 5.07. The van der Waals surface area contributed by atoms with E-state index in [4.69, 9.17) is 21.1 Å². The average Bonchev–Trinajstić information content (AvgIpc) is 2.81. The van der Waals surface area contributed by atoms with Crippen LogP contribution in [0, 0.1) is 0 Å². The first-order valence-electron chi connectivity index (χ1n) is 7.25. The number of halogens is 1. The molecule has 25 heavy (non-hydrogen) atoms. The van der Waals surface area contributed by atoms with Gasteiger partial charge in [0.1, 0.15) is 0 Å². The molecule has 1 heterocycles. The Labute approximate surface area is 153 Å². The lowest BCUT2D eigenvalue weighted by Gasteiger charge is -2.12. The number of rotatable bonds is 4. The first kappa shape index (κ1) is 19.0. The third-order valence-electron chi connectivity index (χ3n) is 2.78. The molecule has 0 atom stereocenters. The Kier molecular flexibility index (Phi) is 6.22. The summed E-state index contributed by atoms with van der Waals surface area (Å²) in [5.74, 6) is -0.891. The number of amidine groups is 1. The Bertz CT molecular complexity index is 804. The van der Waals surface area contributed by atoms with E-state index in [1.165, 1.54) is 13.8 Å². The van der Waals surface area contributed by atoms with Crippen molar-refractivity contribution in [1.29, 1.82) is 0 Å². The van der Waals surface area contributed by atoms with Crippen molar-refractivity contribution in [3.63, 3.8) is 0 Å². The van der Waals surface area contributed by atoms with Crippen molar-refractivity contribution in [2.45, 2.75) is 20.8 Å². The molecule has 132 valence electrons. The number of thioether (sulfide) groups is 1. The molecule has 1 aromatic rings. The second kappa shape index (κ2) is 8.17. The first-order valence-corrected chi connectivity index (χ1v) is 8.44. The van der Waals surface area contributed by atoms with E-state index in [-0.39, 0.29) is 27.6 Å². The number of carbonyl (C=O) groups is 3. The van der Waals surface area contributed by atoms with Crippen LogP contribution in [-0.2, 0) is 14.4 Å². The topological polar surface area (TPSA) is 94.1 Å². The molecule has 1 N–H and O–H groups in total. The summed E-state index contributed by atoms with van der Waals surface area (Å²) < 4.78 is 10.5. The van der Waals surface area contributed by atoms with Gasteiger partial charge in [-0.3, -0.25) is 14.4 Å². The molecule has 0 aromatic heterocycles. The standard InChI is InChI=1S/C16H15ClN2O5S/c1-4-23-12-6-10(5-11(17)14(12)24-9(3)21)7-13-15(22)19-16(25-13)18-8(2)20/h5-7H,4H2,1-3H3,(H,18,19,20,22)/b13-7+. The first-order chi connectivity index (χ1) is 11.8. The van der Waals surface area contributed by atoms with Gasteiger partial charge >= 0.3 is 5.97 Å². The van der Waals surface area contributed by atoms with Gasteiger partial charge in [-0.15, -0.1) is 0 Å². The molecule has 1 aliphatic rings. The average molecular weight is 383 g/mol. The molecule has 0 bridgehead atoms. The summed E-state index contributed by atoms with van der Waals surface area (Å²) in [6, 6.07) is 3.14. The van der Waals surface area contributed by atoms with Gasteiger partial charge in [0.25, 0.3) is 5.91 Å². The molecule has 9 heteroatoms. The number of esters is 1. The van der Waals surface area contributed by atoms with Gasteiger partial charge in [-0.25, -0.2) is 0 Å². The molecule has 0 saturated carbocycles.